The zero-order chi connectivity index (χ0) is 23.6. The number of halogens is 2. The second-order valence-corrected chi connectivity index (χ2v) is 8.04. The van der Waals surface area contributed by atoms with Crippen LogP contribution in [-0.4, -0.2) is 39.2 Å². The molecule has 10 heteroatoms. The summed E-state index contributed by atoms with van der Waals surface area (Å²) in [5.74, 6) is 0.105. The highest BCUT2D eigenvalue weighted by Crippen LogP contribution is 2.26. The molecule has 3 amide bonds. The summed E-state index contributed by atoms with van der Waals surface area (Å²) in [5.41, 5.74) is 1.54. The number of imide groups is 1. The van der Waals surface area contributed by atoms with Crippen molar-refractivity contribution in [3.8, 4) is 17.2 Å². The Hall–Kier alpha value is -3.82. The van der Waals surface area contributed by atoms with Crippen molar-refractivity contribution in [2.75, 3.05) is 0 Å². The standard InChI is InChI=1S/C23H22F2N4O4/c1-14-3-7-16(8-4-14)19-28-27-18(33-19)13-29-20(30)23(2,26-22(29)31)12-11-15-5-9-17(10-6-15)32-21(24)25/h3-10,21H,11-13H2,1-2H3,(H,26,31). The summed E-state index contributed by atoms with van der Waals surface area (Å²) < 4.78 is 34.5. The molecule has 1 aliphatic rings. The van der Waals surface area contributed by atoms with Crippen LogP contribution in [0.1, 0.15) is 30.4 Å². The normalized spacial score (nSPS) is 18.2. The molecule has 1 aliphatic heterocycles. The molecular formula is C23H22F2N4O4. The third kappa shape index (κ3) is 5.00. The number of aromatic nitrogens is 2. The largest absolute Gasteiger partial charge is 0.435 e. The minimum absolute atomic E-state index is 0.0564. The topological polar surface area (TPSA) is 97.6 Å². The number of hydrogen-bond donors (Lipinski definition) is 1. The molecule has 8 nitrogen and oxygen atoms in total. The van der Waals surface area contributed by atoms with Crippen molar-refractivity contribution < 1.29 is 27.5 Å². The lowest BCUT2D eigenvalue weighted by Gasteiger charge is -2.21. The van der Waals surface area contributed by atoms with Crippen molar-refractivity contribution in [3.63, 3.8) is 0 Å². The molecule has 4 rings (SSSR count). The first-order valence-electron chi connectivity index (χ1n) is 10.3. The Labute approximate surface area is 188 Å². The molecule has 172 valence electrons. The summed E-state index contributed by atoms with van der Waals surface area (Å²) in [4.78, 5) is 26.5. The van der Waals surface area contributed by atoms with Crippen molar-refractivity contribution in [2.24, 2.45) is 0 Å². The highest BCUT2D eigenvalue weighted by atomic mass is 19.3. The van der Waals surface area contributed by atoms with Gasteiger partial charge in [0.25, 0.3) is 5.91 Å². The van der Waals surface area contributed by atoms with Crippen LogP contribution in [0.3, 0.4) is 0 Å². The van der Waals surface area contributed by atoms with Crippen LogP contribution >= 0.6 is 0 Å². The molecule has 1 aromatic heterocycles. The van der Waals surface area contributed by atoms with Gasteiger partial charge in [-0.15, -0.1) is 10.2 Å². The van der Waals surface area contributed by atoms with Crippen LogP contribution in [0.2, 0.25) is 0 Å². The van der Waals surface area contributed by atoms with Gasteiger partial charge in [-0.1, -0.05) is 29.8 Å². The van der Waals surface area contributed by atoms with Crippen molar-refractivity contribution >= 4 is 11.9 Å². The second-order valence-electron chi connectivity index (χ2n) is 8.04. The lowest BCUT2D eigenvalue weighted by atomic mass is 9.93. The Bertz CT molecular complexity index is 1150. The van der Waals surface area contributed by atoms with Crippen LogP contribution in [0.15, 0.2) is 52.9 Å². The molecule has 0 saturated carbocycles. The molecule has 1 saturated heterocycles. The smallest absolute Gasteiger partial charge is 0.387 e. The Morgan fingerprint density at radius 2 is 1.79 bits per heavy atom. The van der Waals surface area contributed by atoms with Crippen molar-refractivity contribution in [1.82, 2.24) is 20.4 Å². The average molecular weight is 456 g/mol. The van der Waals surface area contributed by atoms with Gasteiger partial charge in [-0.25, -0.2) is 4.79 Å². The summed E-state index contributed by atoms with van der Waals surface area (Å²) in [7, 11) is 0. The van der Waals surface area contributed by atoms with Gasteiger partial charge in [0.1, 0.15) is 17.8 Å². The van der Waals surface area contributed by atoms with Gasteiger partial charge in [-0.3, -0.25) is 9.69 Å². The van der Waals surface area contributed by atoms with E-state index in [4.69, 9.17) is 4.42 Å². The third-order valence-electron chi connectivity index (χ3n) is 5.47. The molecule has 2 heterocycles. The number of ether oxygens (including phenoxy) is 1. The Morgan fingerprint density at radius 1 is 1.09 bits per heavy atom. The lowest BCUT2D eigenvalue weighted by molar-refractivity contribution is -0.131. The molecule has 3 aromatic rings. The Balaban J connectivity index is 1.39. The van der Waals surface area contributed by atoms with Gasteiger partial charge < -0.3 is 14.5 Å². The van der Waals surface area contributed by atoms with Gasteiger partial charge in [0.15, 0.2) is 0 Å². The quantitative estimate of drug-likeness (QED) is 0.513. The first-order chi connectivity index (χ1) is 15.7. The molecule has 0 radical (unpaired) electrons. The Kier molecular flexibility index (Phi) is 6.08. The van der Waals surface area contributed by atoms with E-state index in [1.807, 2.05) is 31.2 Å². The molecule has 0 aliphatic carbocycles. The monoisotopic (exact) mass is 456 g/mol. The number of rotatable bonds is 8. The number of carbonyl (C=O) groups excluding carboxylic acids is 2. The van der Waals surface area contributed by atoms with E-state index in [0.717, 1.165) is 21.6 Å². The van der Waals surface area contributed by atoms with Gasteiger partial charge >= 0.3 is 12.6 Å². The van der Waals surface area contributed by atoms with E-state index in [1.165, 1.54) is 12.1 Å². The molecule has 1 unspecified atom stereocenters. The SMILES string of the molecule is Cc1ccc(-c2nnc(CN3C(=O)NC(C)(CCc4ccc(OC(F)F)cc4)C3=O)o2)cc1. The fourth-order valence-electron chi connectivity index (χ4n) is 3.56. The number of amides is 3. The number of benzene rings is 2. The van der Waals surface area contributed by atoms with E-state index >= 15 is 0 Å². The summed E-state index contributed by atoms with van der Waals surface area (Å²) in [6.45, 7) is 0.583. The summed E-state index contributed by atoms with van der Waals surface area (Å²) in [6, 6.07) is 13.2. The number of hydrogen-bond acceptors (Lipinski definition) is 6. The molecule has 1 fully saturated rings. The molecule has 33 heavy (non-hydrogen) atoms. The van der Waals surface area contributed by atoms with E-state index in [-0.39, 0.29) is 18.2 Å². The zero-order valence-electron chi connectivity index (χ0n) is 18.0. The third-order valence-corrected chi connectivity index (χ3v) is 5.47. The van der Waals surface area contributed by atoms with Crippen LogP contribution in [-0.2, 0) is 17.8 Å². The van der Waals surface area contributed by atoms with Crippen LogP contribution < -0.4 is 10.1 Å². The minimum atomic E-state index is -2.89. The van der Waals surface area contributed by atoms with Gasteiger partial charge in [0.05, 0.1) is 0 Å². The van der Waals surface area contributed by atoms with Crippen LogP contribution in [0.5, 0.6) is 5.75 Å². The zero-order valence-corrected chi connectivity index (χ0v) is 18.0. The van der Waals surface area contributed by atoms with Gasteiger partial charge in [-0.2, -0.15) is 8.78 Å². The fraction of sp³-hybridized carbons (Fsp3) is 0.304. The van der Waals surface area contributed by atoms with Crippen molar-refractivity contribution in [2.45, 2.75) is 45.4 Å². The number of urea groups is 1. The van der Waals surface area contributed by atoms with Gasteiger partial charge in [0, 0.05) is 5.56 Å². The lowest BCUT2D eigenvalue weighted by Crippen LogP contribution is -2.44. The predicted molar refractivity (Wildman–Crippen MR) is 113 cm³/mol. The van der Waals surface area contributed by atoms with Crippen molar-refractivity contribution in [3.05, 3.63) is 65.5 Å². The number of carbonyl (C=O) groups is 2. The van der Waals surface area contributed by atoms with Gasteiger partial charge in [0.2, 0.25) is 11.8 Å². The first-order valence-corrected chi connectivity index (χ1v) is 10.3. The van der Waals surface area contributed by atoms with Gasteiger partial charge in [-0.05, 0) is 56.5 Å². The minimum Gasteiger partial charge on any atom is -0.435 e. The first kappa shape index (κ1) is 22.4. The highest BCUT2D eigenvalue weighted by molar-refractivity contribution is 6.06. The number of nitrogens with zero attached hydrogens (tertiary/aromatic N) is 3. The predicted octanol–water partition coefficient (Wildman–Crippen LogP) is 4.09. The maximum atomic E-state index is 13.0. The van der Waals surface area contributed by atoms with Crippen LogP contribution in [0.25, 0.3) is 11.5 Å². The molecule has 1 atom stereocenters. The van der Waals surface area contributed by atoms with E-state index < -0.39 is 24.1 Å². The molecule has 0 bridgehead atoms. The van der Waals surface area contributed by atoms with E-state index in [9.17, 15) is 18.4 Å². The summed E-state index contributed by atoms with van der Waals surface area (Å²) in [5, 5.41) is 10.7. The maximum Gasteiger partial charge on any atom is 0.387 e. The molecule has 2 aromatic carbocycles. The van der Waals surface area contributed by atoms with Crippen molar-refractivity contribution in [1.29, 1.82) is 0 Å². The van der Waals surface area contributed by atoms with E-state index in [2.05, 4.69) is 20.3 Å². The Morgan fingerprint density at radius 3 is 2.45 bits per heavy atom. The van der Waals surface area contributed by atoms with Crippen LogP contribution in [0, 0.1) is 6.92 Å². The molecular weight excluding hydrogens is 434 g/mol. The average Bonchev–Trinajstić information content (AvgIpc) is 3.32. The summed E-state index contributed by atoms with van der Waals surface area (Å²) >= 11 is 0. The highest BCUT2D eigenvalue weighted by Gasteiger charge is 2.47. The van der Waals surface area contributed by atoms with Crippen LogP contribution in [0.4, 0.5) is 13.6 Å². The second kappa shape index (κ2) is 8.97. The van der Waals surface area contributed by atoms with E-state index in [1.54, 1.807) is 19.1 Å². The van der Waals surface area contributed by atoms with E-state index in [0.29, 0.717) is 18.7 Å². The fourth-order valence-corrected chi connectivity index (χ4v) is 3.56. The number of aryl methyl sites for hydroxylation is 2. The maximum absolute atomic E-state index is 13.0. The number of nitrogens with one attached hydrogen (secondary N) is 1. The number of alkyl halides is 2. The molecule has 0 spiro atoms. The summed E-state index contributed by atoms with van der Waals surface area (Å²) in [6.07, 6.45) is 0.769. The molecule has 1 N–H and O–H groups in total.